The smallest absolute Gasteiger partial charge is 0.192 e. The van der Waals surface area contributed by atoms with Crippen molar-refractivity contribution in [1.29, 1.82) is 0 Å². The van der Waals surface area contributed by atoms with Gasteiger partial charge < -0.3 is 10.3 Å². The van der Waals surface area contributed by atoms with Gasteiger partial charge in [0.25, 0.3) is 0 Å². The monoisotopic (exact) mass is 210 g/mol. The minimum atomic E-state index is 0.431. The first kappa shape index (κ1) is 11.1. The van der Waals surface area contributed by atoms with Gasteiger partial charge in [-0.15, -0.1) is 16.1 Å². The molecule has 0 unspecified atom stereocenters. The molecule has 1 aromatic heterocycles. The first-order valence-corrected chi connectivity index (χ1v) is 5.46. The average Bonchev–Trinajstić information content (AvgIpc) is 2.60. The lowest BCUT2D eigenvalue weighted by atomic mass is 10.6. The Hall–Kier alpha value is -0.990. The molecule has 0 fully saturated rings. The van der Waals surface area contributed by atoms with E-state index in [1.807, 2.05) is 11.5 Å². The highest BCUT2D eigenvalue weighted by molar-refractivity contribution is 7.99. The first-order chi connectivity index (χ1) is 6.83. The molecule has 0 saturated heterocycles. The van der Waals surface area contributed by atoms with Gasteiger partial charge in [0.05, 0.1) is 12.3 Å². The van der Waals surface area contributed by atoms with Crippen LogP contribution >= 0.6 is 11.8 Å². The van der Waals surface area contributed by atoms with Crippen molar-refractivity contribution in [2.75, 3.05) is 5.75 Å². The zero-order valence-electron chi connectivity index (χ0n) is 8.45. The zero-order valence-corrected chi connectivity index (χ0v) is 9.27. The SMILES string of the molecule is CC#CCSc1nnc(CN)n1CC. The molecule has 0 amide bonds. The Balaban J connectivity index is 2.74. The molecule has 76 valence electrons. The van der Waals surface area contributed by atoms with Crippen LogP contribution in [0.25, 0.3) is 0 Å². The van der Waals surface area contributed by atoms with Crippen LogP contribution < -0.4 is 5.73 Å². The van der Waals surface area contributed by atoms with Crippen LogP contribution in [0.3, 0.4) is 0 Å². The van der Waals surface area contributed by atoms with E-state index in [4.69, 9.17) is 5.73 Å². The van der Waals surface area contributed by atoms with Gasteiger partial charge in [0.2, 0.25) is 0 Å². The standard InChI is InChI=1S/C9H14N4S/c1-3-5-6-14-9-12-11-8(7-10)13(9)4-2/h4,6-7,10H2,1-2H3. The molecule has 0 bridgehead atoms. The molecule has 0 aromatic carbocycles. The number of hydrogen-bond acceptors (Lipinski definition) is 4. The fourth-order valence-electron chi connectivity index (χ4n) is 1.07. The maximum Gasteiger partial charge on any atom is 0.192 e. The van der Waals surface area contributed by atoms with Crippen LogP contribution in [0.15, 0.2) is 5.16 Å². The van der Waals surface area contributed by atoms with Crippen molar-refractivity contribution in [3.05, 3.63) is 5.82 Å². The van der Waals surface area contributed by atoms with E-state index in [1.165, 1.54) is 0 Å². The van der Waals surface area contributed by atoms with Crippen LogP contribution in [-0.2, 0) is 13.1 Å². The molecule has 0 aliphatic heterocycles. The Morgan fingerprint density at radius 1 is 1.50 bits per heavy atom. The fraction of sp³-hybridized carbons (Fsp3) is 0.556. The lowest BCUT2D eigenvalue weighted by molar-refractivity contribution is 0.643. The summed E-state index contributed by atoms with van der Waals surface area (Å²) in [6.07, 6.45) is 0. The van der Waals surface area contributed by atoms with Crippen molar-refractivity contribution in [1.82, 2.24) is 14.8 Å². The minimum Gasteiger partial charge on any atom is -0.324 e. The van der Waals surface area contributed by atoms with E-state index in [2.05, 4.69) is 29.0 Å². The summed E-state index contributed by atoms with van der Waals surface area (Å²) in [6.45, 7) is 5.16. The molecular formula is C9H14N4S. The first-order valence-electron chi connectivity index (χ1n) is 4.48. The third kappa shape index (κ3) is 2.50. The van der Waals surface area contributed by atoms with Crippen LogP contribution in [0.5, 0.6) is 0 Å². The van der Waals surface area contributed by atoms with E-state index < -0.39 is 0 Å². The van der Waals surface area contributed by atoms with Gasteiger partial charge in [-0.3, -0.25) is 0 Å². The minimum absolute atomic E-state index is 0.431. The normalized spacial score (nSPS) is 9.64. The molecule has 0 aliphatic rings. The highest BCUT2D eigenvalue weighted by Gasteiger charge is 2.08. The zero-order chi connectivity index (χ0) is 10.4. The van der Waals surface area contributed by atoms with Gasteiger partial charge in [0.15, 0.2) is 5.16 Å². The second-order valence-corrected chi connectivity index (χ2v) is 3.51. The lowest BCUT2D eigenvalue weighted by Gasteiger charge is -2.03. The Morgan fingerprint density at radius 3 is 2.86 bits per heavy atom. The molecule has 0 saturated carbocycles. The van der Waals surface area contributed by atoms with Gasteiger partial charge in [-0.2, -0.15) is 0 Å². The Morgan fingerprint density at radius 2 is 2.29 bits per heavy atom. The number of hydrogen-bond donors (Lipinski definition) is 1. The summed E-state index contributed by atoms with van der Waals surface area (Å²) in [6, 6.07) is 0. The van der Waals surface area contributed by atoms with E-state index in [0.29, 0.717) is 6.54 Å². The largest absolute Gasteiger partial charge is 0.324 e. The number of nitrogens with zero attached hydrogens (tertiary/aromatic N) is 3. The van der Waals surface area contributed by atoms with Crippen LogP contribution in [0.2, 0.25) is 0 Å². The summed E-state index contributed by atoms with van der Waals surface area (Å²) < 4.78 is 2.02. The third-order valence-corrected chi connectivity index (χ3v) is 2.59. The topological polar surface area (TPSA) is 56.7 Å². The summed E-state index contributed by atoms with van der Waals surface area (Å²) >= 11 is 1.59. The lowest BCUT2D eigenvalue weighted by Crippen LogP contribution is -2.08. The number of aromatic nitrogens is 3. The Labute approximate surface area is 88.3 Å². The molecule has 2 N–H and O–H groups in total. The van der Waals surface area contributed by atoms with E-state index in [1.54, 1.807) is 11.8 Å². The van der Waals surface area contributed by atoms with Crippen LogP contribution in [0, 0.1) is 11.8 Å². The second-order valence-electron chi connectivity index (χ2n) is 2.56. The summed E-state index contributed by atoms with van der Waals surface area (Å²) in [5.74, 6) is 7.40. The van der Waals surface area contributed by atoms with Crippen LogP contribution in [0.1, 0.15) is 19.7 Å². The average molecular weight is 210 g/mol. The predicted octanol–water partition coefficient (Wildman–Crippen LogP) is 0.872. The van der Waals surface area contributed by atoms with E-state index >= 15 is 0 Å². The fourth-order valence-corrected chi connectivity index (χ4v) is 1.90. The quantitative estimate of drug-likeness (QED) is 0.592. The molecule has 1 rings (SSSR count). The van der Waals surface area contributed by atoms with Crippen molar-refractivity contribution in [2.24, 2.45) is 5.73 Å². The summed E-state index contributed by atoms with van der Waals surface area (Å²) in [5, 5.41) is 8.96. The maximum atomic E-state index is 5.53. The van der Waals surface area contributed by atoms with E-state index in [9.17, 15) is 0 Å². The number of nitrogens with two attached hydrogens (primary N) is 1. The molecule has 5 heteroatoms. The molecule has 0 spiro atoms. The second kappa shape index (κ2) is 5.68. The van der Waals surface area contributed by atoms with Gasteiger partial charge in [-0.05, 0) is 13.8 Å². The molecule has 1 heterocycles. The van der Waals surface area contributed by atoms with E-state index in [-0.39, 0.29) is 0 Å². The molecule has 4 nitrogen and oxygen atoms in total. The van der Waals surface area contributed by atoms with Crippen LogP contribution in [-0.4, -0.2) is 20.5 Å². The summed E-state index contributed by atoms with van der Waals surface area (Å²) in [7, 11) is 0. The van der Waals surface area contributed by atoms with Crippen LogP contribution in [0.4, 0.5) is 0 Å². The third-order valence-electron chi connectivity index (χ3n) is 1.74. The molecule has 0 radical (unpaired) electrons. The number of rotatable bonds is 4. The van der Waals surface area contributed by atoms with E-state index in [0.717, 1.165) is 23.3 Å². The van der Waals surface area contributed by atoms with Crippen molar-refractivity contribution in [3.8, 4) is 11.8 Å². The Bertz CT molecular complexity index is 347. The molecule has 14 heavy (non-hydrogen) atoms. The van der Waals surface area contributed by atoms with Crippen molar-refractivity contribution >= 4 is 11.8 Å². The highest BCUT2D eigenvalue weighted by atomic mass is 32.2. The van der Waals surface area contributed by atoms with Crippen molar-refractivity contribution in [2.45, 2.75) is 32.1 Å². The highest BCUT2D eigenvalue weighted by Crippen LogP contribution is 2.15. The molecule has 0 atom stereocenters. The summed E-state index contributed by atoms with van der Waals surface area (Å²) in [5.41, 5.74) is 5.53. The van der Waals surface area contributed by atoms with Gasteiger partial charge in [-0.1, -0.05) is 17.7 Å². The Kier molecular flexibility index (Phi) is 4.50. The number of thioether (sulfide) groups is 1. The maximum absolute atomic E-state index is 5.53. The van der Waals surface area contributed by atoms with Gasteiger partial charge >= 0.3 is 0 Å². The molecule has 1 aromatic rings. The van der Waals surface area contributed by atoms with Crippen molar-refractivity contribution in [3.63, 3.8) is 0 Å². The molecule has 0 aliphatic carbocycles. The van der Waals surface area contributed by atoms with Gasteiger partial charge in [0, 0.05) is 6.54 Å². The van der Waals surface area contributed by atoms with Gasteiger partial charge in [-0.25, -0.2) is 0 Å². The van der Waals surface area contributed by atoms with Crippen molar-refractivity contribution < 1.29 is 0 Å². The predicted molar refractivity (Wildman–Crippen MR) is 57.8 cm³/mol. The van der Waals surface area contributed by atoms with Gasteiger partial charge in [0.1, 0.15) is 5.82 Å². The molecular weight excluding hydrogens is 196 g/mol. The summed E-state index contributed by atoms with van der Waals surface area (Å²) in [4.78, 5) is 0.